The summed E-state index contributed by atoms with van der Waals surface area (Å²) in [5.74, 6) is 1.59. The Labute approximate surface area is 153 Å². The van der Waals surface area contributed by atoms with Crippen molar-refractivity contribution in [2.45, 2.75) is 53.1 Å². The van der Waals surface area contributed by atoms with Gasteiger partial charge in [0.25, 0.3) is 0 Å². The number of guanidine groups is 1. The van der Waals surface area contributed by atoms with Crippen molar-refractivity contribution in [2.75, 3.05) is 39.4 Å². The van der Waals surface area contributed by atoms with Crippen LogP contribution in [-0.4, -0.2) is 62.3 Å². The standard InChI is InChI=1S/C16H34N4O.HI/c1-6-17-16(18-9-8-10-21-7-2)19-15-12-20(13(3)4)11-14(15)5;/h13-15H,6-12H2,1-5H3,(H2,17,18,19);1H. The van der Waals surface area contributed by atoms with Gasteiger partial charge in [-0.3, -0.25) is 9.89 Å². The van der Waals surface area contributed by atoms with Crippen molar-refractivity contribution in [3.63, 3.8) is 0 Å². The van der Waals surface area contributed by atoms with Crippen LogP contribution in [0.15, 0.2) is 4.99 Å². The fraction of sp³-hybridized carbons (Fsp3) is 0.938. The second-order valence-electron chi connectivity index (χ2n) is 6.09. The van der Waals surface area contributed by atoms with E-state index in [0.29, 0.717) is 18.0 Å². The molecule has 2 atom stereocenters. The summed E-state index contributed by atoms with van der Waals surface area (Å²) in [5.41, 5.74) is 0. The number of ether oxygens (including phenoxy) is 1. The first kappa shape index (κ1) is 21.9. The minimum absolute atomic E-state index is 0. The summed E-state index contributed by atoms with van der Waals surface area (Å²) in [7, 11) is 0. The van der Waals surface area contributed by atoms with E-state index in [4.69, 9.17) is 4.74 Å². The third-order valence-electron chi connectivity index (χ3n) is 3.96. The van der Waals surface area contributed by atoms with Gasteiger partial charge in [-0.1, -0.05) is 6.92 Å². The van der Waals surface area contributed by atoms with Gasteiger partial charge in [0.15, 0.2) is 5.96 Å². The molecule has 0 aliphatic carbocycles. The zero-order valence-electron chi connectivity index (χ0n) is 14.9. The third kappa shape index (κ3) is 7.97. The summed E-state index contributed by atoms with van der Waals surface area (Å²) in [6.07, 6.45) is 0.975. The number of likely N-dealkylation sites (tertiary alicyclic amines) is 1. The van der Waals surface area contributed by atoms with Gasteiger partial charge in [-0.2, -0.15) is 0 Å². The molecule has 0 radical (unpaired) electrons. The summed E-state index contributed by atoms with van der Waals surface area (Å²) in [4.78, 5) is 7.18. The Kier molecular flexibility index (Phi) is 12.3. The maximum absolute atomic E-state index is 5.35. The number of aliphatic imine (C=N–C) groups is 1. The van der Waals surface area contributed by atoms with Gasteiger partial charge < -0.3 is 15.4 Å². The molecule has 0 bridgehead atoms. The molecule has 1 fully saturated rings. The Balaban J connectivity index is 0.00000441. The van der Waals surface area contributed by atoms with Crippen molar-refractivity contribution in [2.24, 2.45) is 10.9 Å². The molecule has 1 aliphatic rings. The van der Waals surface area contributed by atoms with Crippen molar-refractivity contribution in [1.29, 1.82) is 0 Å². The van der Waals surface area contributed by atoms with Crippen molar-refractivity contribution in [3.05, 3.63) is 0 Å². The lowest BCUT2D eigenvalue weighted by molar-refractivity contribution is 0.146. The molecule has 2 unspecified atom stereocenters. The molecule has 5 nitrogen and oxygen atoms in total. The van der Waals surface area contributed by atoms with E-state index in [9.17, 15) is 0 Å². The molecule has 22 heavy (non-hydrogen) atoms. The normalized spacial score (nSPS) is 22.7. The quantitative estimate of drug-likeness (QED) is 0.271. The van der Waals surface area contributed by atoms with Gasteiger partial charge in [0.2, 0.25) is 0 Å². The monoisotopic (exact) mass is 426 g/mol. The Morgan fingerprint density at radius 1 is 1.32 bits per heavy atom. The Morgan fingerprint density at radius 2 is 2.05 bits per heavy atom. The molecule has 6 heteroatoms. The summed E-state index contributed by atoms with van der Waals surface area (Å²) in [6, 6.07) is 1.10. The van der Waals surface area contributed by atoms with Crippen LogP contribution < -0.4 is 10.6 Å². The molecule has 0 amide bonds. The average Bonchev–Trinajstić information content (AvgIpc) is 2.80. The Hall–Kier alpha value is -0.0800. The highest BCUT2D eigenvalue weighted by molar-refractivity contribution is 14.0. The van der Waals surface area contributed by atoms with Crippen LogP contribution in [-0.2, 0) is 4.74 Å². The highest BCUT2D eigenvalue weighted by Gasteiger charge is 2.31. The van der Waals surface area contributed by atoms with E-state index in [1.807, 2.05) is 6.92 Å². The highest BCUT2D eigenvalue weighted by atomic mass is 127. The van der Waals surface area contributed by atoms with E-state index in [2.05, 4.69) is 48.2 Å². The SMILES string of the molecule is CCNC(=NCCCOCC)NC1CN(C(C)C)CC1C.I. The molecule has 0 aromatic heterocycles. The van der Waals surface area contributed by atoms with Gasteiger partial charge in [-0.25, -0.2) is 0 Å². The van der Waals surface area contributed by atoms with Gasteiger partial charge in [0, 0.05) is 51.5 Å². The lowest BCUT2D eigenvalue weighted by Gasteiger charge is -2.21. The number of hydrogen-bond acceptors (Lipinski definition) is 3. The first-order valence-electron chi connectivity index (χ1n) is 8.45. The lowest BCUT2D eigenvalue weighted by Crippen LogP contribution is -2.46. The van der Waals surface area contributed by atoms with Crippen molar-refractivity contribution in [3.8, 4) is 0 Å². The van der Waals surface area contributed by atoms with E-state index < -0.39 is 0 Å². The Bertz CT molecular complexity index is 313. The van der Waals surface area contributed by atoms with Gasteiger partial charge in [-0.15, -0.1) is 24.0 Å². The Morgan fingerprint density at radius 3 is 2.59 bits per heavy atom. The lowest BCUT2D eigenvalue weighted by atomic mass is 10.1. The van der Waals surface area contributed by atoms with E-state index in [1.165, 1.54) is 6.54 Å². The molecule has 1 aliphatic heterocycles. The predicted molar refractivity (Wildman–Crippen MR) is 105 cm³/mol. The van der Waals surface area contributed by atoms with Crippen LogP contribution in [0.3, 0.4) is 0 Å². The summed E-state index contributed by atoms with van der Waals surface area (Å²) < 4.78 is 5.35. The first-order chi connectivity index (χ1) is 10.1. The van der Waals surface area contributed by atoms with E-state index in [0.717, 1.165) is 45.2 Å². The van der Waals surface area contributed by atoms with Gasteiger partial charge in [0.05, 0.1) is 0 Å². The summed E-state index contributed by atoms with van der Waals surface area (Å²) in [5, 5.41) is 6.94. The zero-order chi connectivity index (χ0) is 15.7. The van der Waals surface area contributed by atoms with E-state index in [-0.39, 0.29) is 24.0 Å². The summed E-state index contributed by atoms with van der Waals surface area (Å²) >= 11 is 0. The van der Waals surface area contributed by atoms with Crippen LogP contribution in [0.4, 0.5) is 0 Å². The second kappa shape index (κ2) is 12.4. The molecule has 0 saturated carbocycles. The molecule has 2 N–H and O–H groups in total. The van der Waals surface area contributed by atoms with Gasteiger partial charge >= 0.3 is 0 Å². The number of nitrogens with one attached hydrogen (secondary N) is 2. The molecule has 0 spiro atoms. The fourth-order valence-corrected chi connectivity index (χ4v) is 2.61. The highest BCUT2D eigenvalue weighted by Crippen LogP contribution is 2.18. The first-order valence-corrected chi connectivity index (χ1v) is 8.45. The predicted octanol–water partition coefficient (Wildman–Crippen LogP) is 2.31. The number of halogens is 1. The van der Waals surface area contributed by atoms with Crippen molar-refractivity contribution in [1.82, 2.24) is 15.5 Å². The van der Waals surface area contributed by atoms with Gasteiger partial charge in [0.1, 0.15) is 0 Å². The smallest absolute Gasteiger partial charge is 0.191 e. The van der Waals surface area contributed by atoms with E-state index in [1.54, 1.807) is 0 Å². The molecule has 0 aromatic rings. The number of nitrogens with zero attached hydrogens (tertiary/aromatic N) is 2. The molecule has 132 valence electrons. The van der Waals surface area contributed by atoms with Crippen molar-refractivity contribution >= 4 is 29.9 Å². The average molecular weight is 426 g/mol. The van der Waals surface area contributed by atoms with Crippen LogP contribution in [0.2, 0.25) is 0 Å². The topological polar surface area (TPSA) is 48.9 Å². The minimum Gasteiger partial charge on any atom is -0.382 e. The molecular weight excluding hydrogens is 391 g/mol. The maximum Gasteiger partial charge on any atom is 0.191 e. The van der Waals surface area contributed by atoms with Crippen molar-refractivity contribution < 1.29 is 4.74 Å². The molecule has 0 aromatic carbocycles. The molecular formula is C16H35IN4O. The minimum atomic E-state index is 0. The summed E-state index contributed by atoms with van der Waals surface area (Å²) in [6.45, 7) is 16.5. The zero-order valence-corrected chi connectivity index (χ0v) is 17.2. The van der Waals surface area contributed by atoms with Crippen LogP contribution in [0.5, 0.6) is 0 Å². The number of hydrogen-bond donors (Lipinski definition) is 2. The van der Waals surface area contributed by atoms with Crippen LogP contribution in [0.25, 0.3) is 0 Å². The van der Waals surface area contributed by atoms with E-state index >= 15 is 0 Å². The molecule has 1 rings (SSSR count). The van der Waals surface area contributed by atoms with Gasteiger partial charge in [-0.05, 0) is 40.0 Å². The maximum atomic E-state index is 5.35. The fourth-order valence-electron chi connectivity index (χ4n) is 2.61. The second-order valence-corrected chi connectivity index (χ2v) is 6.09. The third-order valence-corrected chi connectivity index (χ3v) is 3.96. The van der Waals surface area contributed by atoms with Crippen LogP contribution in [0, 0.1) is 5.92 Å². The van der Waals surface area contributed by atoms with Crippen LogP contribution in [0.1, 0.15) is 41.0 Å². The van der Waals surface area contributed by atoms with Crippen LogP contribution >= 0.6 is 24.0 Å². The molecule has 1 saturated heterocycles. The molecule has 1 heterocycles. The largest absolute Gasteiger partial charge is 0.382 e. The number of rotatable bonds is 8.